The van der Waals surface area contributed by atoms with E-state index in [0.29, 0.717) is 5.56 Å². The van der Waals surface area contributed by atoms with E-state index in [-0.39, 0.29) is 11.9 Å². The molecule has 0 aliphatic rings. The molecule has 0 saturated heterocycles. The highest BCUT2D eigenvalue weighted by Gasteiger charge is 1.96. The fourth-order valence-corrected chi connectivity index (χ4v) is 1.35. The predicted octanol–water partition coefficient (Wildman–Crippen LogP) is 3.27. The summed E-state index contributed by atoms with van der Waals surface area (Å²) in [5.74, 6) is -0.150. The molecule has 0 spiro atoms. The summed E-state index contributed by atoms with van der Waals surface area (Å²) in [5.41, 5.74) is 7.36. The van der Waals surface area contributed by atoms with Gasteiger partial charge < -0.3 is 5.73 Å². The first kappa shape index (κ1) is 11.9. The average molecular weight is 207 g/mol. The number of benzene rings is 1. The summed E-state index contributed by atoms with van der Waals surface area (Å²) < 4.78 is 13.0. The van der Waals surface area contributed by atoms with Crippen LogP contribution < -0.4 is 5.73 Å². The van der Waals surface area contributed by atoms with Crippen molar-refractivity contribution >= 4 is 6.08 Å². The average Bonchev–Trinajstić information content (AvgIpc) is 2.18. The van der Waals surface area contributed by atoms with Crippen LogP contribution in [0.1, 0.15) is 30.9 Å². The maximum Gasteiger partial charge on any atom is 0.126 e. The first-order valence-electron chi connectivity index (χ1n) is 5.28. The Morgan fingerprint density at radius 2 is 2.20 bits per heavy atom. The summed E-state index contributed by atoms with van der Waals surface area (Å²) in [6.07, 6.45) is 6.04. The van der Waals surface area contributed by atoms with E-state index in [1.165, 1.54) is 6.07 Å². The van der Waals surface area contributed by atoms with E-state index in [1.807, 2.05) is 19.1 Å². The zero-order chi connectivity index (χ0) is 11.3. The molecule has 0 radical (unpaired) electrons. The summed E-state index contributed by atoms with van der Waals surface area (Å²) in [6, 6.07) is 5.37. The molecule has 2 N–H and O–H groups in total. The Hall–Kier alpha value is -1.15. The molecule has 0 aliphatic carbocycles. The van der Waals surface area contributed by atoms with Gasteiger partial charge in [-0.15, -0.1) is 0 Å². The van der Waals surface area contributed by atoms with Gasteiger partial charge in [0.25, 0.3) is 0 Å². The van der Waals surface area contributed by atoms with Gasteiger partial charge in [-0.2, -0.15) is 0 Å². The smallest absolute Gasteiger partial charge is 0.126 e. The Balaban J connectivity index is 2.53. The molecule has 0 amide bonds. The van der Waals surface area contributed by atoms with Crippen LogP contribution in [-0.2, 0) is 0 Å². The Morgan fingerprint density at radius 3 is 2.80 bits per heavy atom. The van der Waals surface area contributed by atoms with Crippen LogP contribution in [0, 0.1) is 12.7 Å². The van der Waals surface area contributed by atoms with Gasteiger partial charge in [-0.25, -0.2) is 4.39 Å². The Kier molecular flexibility index (Phi) is 4.50. The molecule has 1 nitrogen and oxygen atoms in total. The number of rotatable bonds is 4. The fraction of sp³-hybridized carbons (Fsp3) is 0.385. The van der Waals surface area contributed by atoms with Crippen molar-refractivity contribution in [3.63, 3.8) is 0 Å². The molecule has 0 fully saturated rings. The molecule has 0 saturated carbocycles. The lowest BCUT2D eigenvalue weighted by Gasteiger charge is -2.00. The number of aryl methyl sites for hydroxylation is 1. The van der Waals surface area contributed by atoms with E-state index < -0.39 is 0 Å². The third-order valence-corrected chi connectivity index (χ3v) is 2.28. The first-order valence-corrected chi connectivity index (χ1v) is 5.28. The highest BCUT2D eigenvalue weighted by atomic mass is 19.1. The van der Waals surface area contributed by atoms with Crippen LogP contribution in [0.5, 0.6) is 0 Å². The molecule has 1 rings (SSSR count). The number of nitrogens with two attached hydrogens (primary N) is 1. The zero-order valence-electron chi connectivity index (χ0n) is 9.33. The monoisotopic (exact) mass is 207 g/mol. The van der Waals surface area contributed by atoms with Gasteiger partial charge in [-0.3, -0.25) is 0 Å². The highest BCUT2D eigenvalue weighted by molar-refractivity contribution is 5.50. The normalized spacial score (nSPS) is 13.3. The van der Waals surface area contributed by atoms with Crippen molar-refractivity contribution in [2.45, 2.75) is 32.7 Å². The van der Waals surface area contributed by atoms with Gasteiger partial charge in [-0.1, -0.05) is 18.2 Å². The van der Waals surface area contributed by atoms with E-state index in [4.69, 9.17) is 5.73 Å². The van der Waals surface area contributed by atoms with Crippen LogP contribution in [0.2, 0.25) is 0 Å². The first-order chi connectivity index (χ1) is 7.09. The molecule has 0 bridgehead atoms. The Bertz CT molecular complexity index is 342. The van der Waals surface area contributed by atoms with E-state index >= 15 is 0 Å². The molecule has 15 heavy (non-hydrogen) atoms. The van der Waals surface area contributed by atoms with E-state index in [1.54, 1.807) is 13.0 Å². The van der Waals surface area contributed by atoms with E-state index in [9.17, 15) is 4.39 Å². The Morgan fingerprint density at radius 1 is 1.47 bits per heavy atom. The van der Waals surface area contributed by atoms with Crippen LogP contribution in [0.4, 0.5) is 4.39 Å². The van der Waals surface area contributed by atoms with Crippen molar-refractivity contribution in [3.8, 4) is 0 Å². The SMILES string of the molecule is Cc1cc(/C=C/CCC(C)N)ccc1F. The second-order valence-corrected chi connectivity index (χ2v) is 3.97. The van der Waals surface area contributed by atoms with Crippen LogP contribution in [0.3, 0.4) is 0 Å². The highest BCUT2D eigenvalue weighted by Crippen LogP contribution is 2.11. The summed E-state index contributed by atoms with van der Waals surface area (Å²) in [5, 5.41) is 0. The summed E-state index contributed by atoms with van der Waals surface area (Å²) in [4.78, 5) is 0. The largest absolute Gasteiger partial charge is 0.328 e. The number of hydrogen-bond donors (Lipinski definition) is 1. The fourth-order valence-electron chi connectivity index (χ4n) is 1.35. The van der Waals surface area contributed by atoms with Crippen molar-refractivity contribution in [1.82, 2.24) is 0 Å². The lowest BCUT2D eigenvalue weighted by atomic mass is 10.1. The number of halogens is 1. The Labute approximate surface area is 90.8 Å². The molecule has 0 aromatic heterocycles. The van der Waals surface area contributed by atoms with Crippen molar-refractivity contribution < 1.29 is 4.39 Å². The standard InChI is InChI=1S/C13H18FN/c1-10-9-12(7-8-13(10)14)6-4-3-5-11(2)15/h4,6-9,11H,3,5,15H2,1-2H3/b6-4+. The van der Waals surface area contributed by atoms with Crippen LogP contribution >= 0.6 is 0 Å². The molecule has 1 unspecified atom stereocenters. The van der Waals surface area contributed by atoms with Crippen molar-refractivity contribution in [2.24, 2.45) is 5.73 Å². The topological polar surface area (TPSA) is 26.0 Å². The summed E-state index contributed by atoms with van der Waals surface area (Å²) >= 11 is 0. The number of hydrogen-bond acceptors (Lipinski definition) is 1. The zero-order valence-corrected chi connectivity index (χ0v) is 9.33. The van der Waals surface area contributed by atoms with E-state index in [0.717, 1.165) is 18.4 Å². The maximum absolute atomic E-state index is 13.0. The maximum atomic E-state index is 13.0. The van der Waals surface area contributed by atoms with Gasteiger partial charge in [0.05, 0.1) is 0 Å². The third kappa shape index (κ3) is 4.26. The van der Waals surface area contributed by atoms with Gasteiger partial charge in [0.2, 0.25) is 0 Å². The van der Waals surface area contributed by atoms with Gasteiger partial charge in [0.1, 0.15) is 5.82 Å². The van der Waals surface area contributed by atoms with Crippen molar-refractivity contribution in [3.05, 3.63) is 41.2 Å². The molecule has 0 heterocycles. The van der Waals surface area contributed by atoms with Gasteiger partial charge >= 0.3 is 0 Å². The molecule has 82 valence electrons. The van der Waals surface area contributed by atoms with Crippen molar-refractivity contribution in [2.75, 3.05) is 0 Å². The van der Waals surface area contributed by atoms with Crippen LogP contribution in [0.25, 0.3) is 6.08 Å². The van der Waals surface area contributed by atoms with Crippen LogP contribution in [0.15, 0.2) is 24.3 Å². The summed E-state index contributed by atoms with van der Waals surface area (Å²) in [7, 11) is 0. The minimum absolute atomic E-state index is 0.150. The van der Waals surface area contributed by atoms with Crippen LogP contribution in [-0.4, -0.2) is 6.04 Å². The van der Waals surface area contributed by atoms with Gasteiger partial charge in [0, 0.05) is 6.04 Å². The number of allylic oxidation sites excluding steroid dienone is 1. The summed E-state index contributed by atoms with van der Waals surface area (Å²) in [6.45, 7) is 3.77. The lowest BCUT2D eigenvalue weighted by molar-refractivity contribution is 0.618. The molecule has 1 atom stereocenters. The second-order valence-electron chi connectivity index (χ2n) is 3.97. The lowest BCUT2D eigenvalue weighted by Crippen LogP contribution is -2.13. The molecule has 2 heteroatoms. The molecule has 1 aromatic rings. The van der Waals surface area contributed by atoms with Gasteiger partial charge in [-0.05, 0) is 49.9 Å². The quantitative estimate of drug-likeness (QED) is 0.805. The van der Waals surface area contributed by atoms with Crippen molar-refractivity contribution in [1.29, 1.82) is 0 Å². The molecular weight excluding hydrogens is 189 g/mol. The van der Waals surface area contributed by atoms with Gasteiger partial charge in [0.15, 0.2) is 0 Å². The molecule has 0 aliphatic heterocycles. The predicted molar refractivity (Wildman–Crippen MR) is 63.1 cm³/mol. The van der Waals surface area contributed by atoms with E-state index in [2.05, 4.69) is 6.08 Å². The third-order valence-electron chi connectivity index (χ3n) is 2.28. The minimum Gasteiger partial charge on any atom is -0.328 e. The molecular formula is C13H18FN. The molecule has 1 aromatic carbocycles. The second kappa shape index (κ2) is 5.66. The minimum atomic E-state index is -0.150.